The van der Waals surface area contributed by atoms with Crippen molar-refractivity contribution in [1.29, 1.82) is 0 Å². The Bertz CT molecular complexity index is 1610. The first-order valence-electron chi connectivity index (χ1n) is 11.7. The van der Waals surface area contributed by atoms with Gasteiger partial charge in [0.2, 0.25) is 10.0 Å². The van der Waals surface area contributed by atoms with E-state index in [4.69, 9.17) is 4.74 Å². The number of nitrogens with one attached hydrogen (secondary N) is 1. The summed E-state index contributed by atoms with van der Waals surface area (Å²) in [6.45, 7) is 1.50. The van der Waals surface area contributed by atoms with Crippen LogP contribution >= 0.6 is 0 Å². The van der Waals surface area contributed by atoms with Crippen LogP contribution in [0.4, 0.5) is 11.4 Å². The van der Waals surface area contributed by atoms with Crippen LogP contribution in [0.2, 0.25) is 0 Å². The van der Waals surface area contributed by atoms with Crippen LogP contribution in [0.3, 0.4) is 0 Å². The van der Waals surface area contributed by atoms with Crippen LogP contribution in [0.5, 0.6) is 5.75 Å². The lowest BCUT2D eigenvalue weighted by Crippen LogP contribution is -2.49. The Morgan fingerprint density at radius 1 is 0.973 bits per heavy atom. The number of fused-ring (bicyclic) bond motifs is 1. The molecule has 1 aromatic heterocycles. The van der Waals surface area contributed by atoms with Gasteiger partial charge in [0, 0.05) is 7.05 Å². The third-order valence-electron chi connectivity index (χ3n) is 6.36. The first-order valence-corrected chi connectivity index (χ1v) is 13.3. The maximum Gasteiger partial charge on any atom is 0.295 e. The van der Waals surface area contributed by atoms with Crippen LogP contribution in [-0.2, 0) is 27.6 Å². The lowest BCUT2D eigenvalue weighted by atomic mass is 10.2. The van der Waals surface area contributed by atoms with Gasteiger partial charge in [0.05, 0.1) is 29.4 Å². The summed E-state index contributed by atoms with van der Waals surface area (Å²) < 4.78 is 37.1. The number of rotatable bonds is 6. The highest BCUT2D eigenvalue weighted by Gasteiger charge is 2.37. The second-order valence-corrected chi connectivity index (χ2v) is 10.7. The van der Waals surface area contributed by atoms with E-state index in [1.165, 1.54) is 8.99 Å². The molecule has 4 aromatic rings. The number of carbonyl (C=O) groups excluding carboxylic acids is 1. The minimum Gasteiger partial charge on any atom is -0.476 e. The number of amides is 1. The first-order chi connectivity index (χ1) is 17.8. The molecule has 190 valence electrons. The minimum atomic E-state index is -3.84. The Kier molecular flexibility index (Phi) is 6.34. The fourth-order valence-electron chi connectivity index (χ4n) is 4.38. The van der Waals surface area contributed by atoms with Gasteiger partial charge < -0.3 is 10.1 Å². The van der Waals surface area contributed by atoms with Gasteiger partial charge in [-0.2, -0.15) is 0 Å². The lowest BCUT2D eigenvalue weighted by Gasteiger charge is -2.34. The normalized spacial score (nSPS) is 15.1. The first kappa shape index (κ1) is 24.4. The summed E-state index contributed by atoms with van der Waals surface area (Å²) in [5.74, 6) is -0.562. The lowest BCUT2D eigenvalue weighted by molar-refractivity contribution is -0.122. The molecule has 0 saturated heterocycles. The number of nitrogens with zero attached hydrogens (tertiary/aromatic N) is 3. The van der Waals surface area contributed by atoms with Gasteiger partial charge in [0.25, 0.3) is 11.5 Å². The molecule has 9 nitrogen and oxygen atoms in total. The molecule has 0 aliphatic carbocycles. The summed E-state index contributed by atoms with van der Waals surface area (Å²) in [6.07, 6.45) is -1.16. The maximum absolute atomic E-state index is 13.4. The average molecular weight is 519 g/mol. The molecule has 0 saturated carbocycles. The predicted molar refractivity (Wildman–Crippen MR) is 142 cm³/mol. The number of aromatic nitrogens is 2. The van der Waals surface area contributed by atoms with Gasteiger partial charge in [-0.05, 0) is 36.8 Å². The highest BCUT2D eigenvalue weighted by atomic mass is 32.2. The number of para-hydroxylation sites is 3. The Balaban J connectivity index is 1.45. The fraction of sp³-hybridized carbons (Fsp3) is 0.185. The molecule has 1 amide bonds. The van der Waals surface area contributed by atoms with Crippen molar-refractivity contribution < 1.29 is 17.9 Å². The molecule has 0 radical (unpaired) electrons. The van der Waals surface area contributed by atoms with Gasteiger partial charge in [-0.3, -0.25) is 18.6 Å². The fourth-order valence-corrected chi connectivity index (χ4v) is 5.96. The highest BCUT2D eigenvalue weighted by molar-refractivity contribution is 7.92. The zero-order valence-corrected chi connectivity index (χ0v) is 21.2. The van der Waals surface area contributed by atoms with Crippen molar-refractivity contribution in [2.24, 2.45) is 7.05 Å². The average Bonchev–Trinajstić information content (AvgIpc) is 3.11. The van der Waals surface area contributed by atoms with Crippen LogP contribution in [0.15, 0.2) is 89.7 Å². The van der Waals surface area contributed by atoms with Crippen molar-refractivity contribution in [3.63, 3.8) is 0 Å². The van der Waals surface area contributed by atoms with Crippen LogP contribution in [0.25, 0.3) is 5.69 Å². The molecule has 0 fully saturated rings. The molecule has 0 spiro atoms. The molecule has 2 heterocycles. The van der Waals surface area contributed by atoms with Crippen molar-refractivity contribution in [3.05, 3.63) is 107 Å². The van der Waals surface area contributed by atoms with Gasteiger partial charge in [0.15, 0.2) is 6.10 Å². The SMILES string of the molecule is Cc1c(NC(=O)C2CN(S(=O)(=O)Cc3ccccc3)c3ccccc3O2)c(=O)n(-c2ccccc2)n1C. The molecule has 1 unspecified atom stereocenters. The molecule has 37 heavy (non-hydrogen) atoms. The van der Waals surface area contributed by atoms with Crippen molar-refractivity contribution in [2.75, 3.05) is 16.2 Å². The second-order valence-electron chi connectivity index (χ2n) is 8.77. The molecule has 5 rings (SSSR count). The molecule has 1 aliphatic heterocycles. The maximum atomic E-state index is 13.4. The van der Waals surface area contributed by atoms with Crippen molar-refractivity contribution in [1.82, 2.24) is 9.36 Å². The topological polar surface area (TPSA) is 103 Å². The monoisotopic (exact) mass is 518 g/mol. The van der Waals surface area contributed by atoms with E-state index < -0.39 is 27.6 Å². The van der Waals surface area contributed by atoms with E-state index in [0.29, 0.717) is 22.6 Å². The van der Waals surface area contributed by atoms with Gasteiger partial charge in [-0.15, -0.1) is 0 Å². The Hall–Kier alpha value is -4.31. The van der Waals surface area contributed by atoms with Crippen molar-refractivity contribution >= 4 is 27.3 Å². The van der Waals surface area contributed by atoms with Gasteiger partial charge in [-0.25, -0.2) is 13.1 Å². The molecular weight excluding hydrogens is 492 g/mol. The summed E-state index contributed by atoms with van der Waals surface area (Å²) in [6, 6.07) is 24.6. The Labute approximate surface area is 214 Å². The number of hydrogen-bond acceptors (Lipinski definition) is 5. The van der Waals surface area contributed by atoms with E-state index in [-0.39, 0.29) is 23.7 Å². The van der Waals surface area contributed by atoms with Crippen LogP contribution in [0, 0.1) is 6.92 Å². The molecule has 1 atom stereocenters. The number of carbonyl (C=O) groups is 1. The Morgan fingerprint density at radius 3 is 2.30 bits per heavy atom. The molecule has 1 aliphatic rings. The van der Waals surface area contributed by atoms with Gasteiger partial charge >= 0.3 is 0 Å². The molecular formula is C27H26N4O5S. The van der Waals surface area contributed by atoms with Crippen LogP contribution < -0.4 is 19.9 Å². The molecule has 0 bridgehead atoms. The van der Waals surface area contributed by atoms with Crippen molar-refractivity contribution in [2.45, 2.75) is 18.8 Å². The van der Waals surface area contributed by atoms with E-state index >= 15 is 0 Å². The summed E-state index contributed by atoms with van der Waals surface area (Å²) in [5, 5.41) is 2.69. The summed E-state index contributed by atoms with van der Waals surface area (Å²) in [7, 11) is -2.11. The van der Waals surface area contributed by atoms with Crippen LogP contribution in [0.1, 0.15) is 11.3 Å². The third-order valence-corrected chi connectivity index (χ3v) is 8.07. The Morgan fingerprint density at radius 2 is 1.59 bits per heavy atom. The highest BCUT2D eigenvalue weighted by Crippen LogP contribution is 2.36. The van der Waals surface area contributed by atoms with Crippen LogP contribution in [-0.4, -0.2) is 36.3 Å². The van der Waals surface area contributed by atoms with E-state index in [1.54, 1.807) is 79.3 Å². The standard InChI is InChI=1S/C27H26N4O5S/c1-19-25(27(33)31(29(19)2)21-13-7-4-8-14-21)28-26(32)24-17-30(22-15-9-10-16-23(22)36-24)37(34,35)18-20-11-5-3-6-12-20/h3-16,24H,17-18H2,1-2H3,(H,28,32). The third kappa shape index (κ3) is 4.63. The summed E-state index contributed by atoms with van der Waals surface area (Å²) in [5.41, 5.74) is 1.91. The number of anilines is 2. The number of sulfonamides is 1. The van der Waals surface area contributed by atoms with Gasteiger partial charge in [-0.1, -0.05) is 60.7 Å². The number of benzene rings is 3. The quantitative estimate of drug-likeness (QED) is 0.422. The molecule has 1 N–H and O–H groups in total. The summed E-state index contributed by atoms with van der Waals surface area (Å²) >= 11 is 0. The zero-order valence-electron chi connectivity index (χ0n) is 20.4. The molecule has 10 heteroatoms. The van der Waals surface area contributed by atoms with E-state index in [9.17, 15) is 18.0 Å². The number of ether oxygens (including phenoxy) is 1. The summed E-state index contributed by atoms with van der Waals surface area (Å²) in [4.78, 5) is 26.6. The second kappa shape index (κ2) is 9.62. The smallest absolute Gasteiger partial charge is 0.295 e. The van der Waals surface area contributed by atoms with Gasteiger partial charge in [0.1, 0.15) is 11.4 Å². The van der Waals surface area contributed by atoms with Crippen molar-refractivity contribution in [3.8, 4) is 11.4 Å². The largest absolute Gasteiger partial charge is 0.476 e. The van der Waals surface area contributed by atoms with E-state index in [1.807, 2.05) is 24.3 Å². The van der Waals surface area contributed by atoms with E-state index in [0.717, 1.165) is 0 Å². The molecule has 3 aromatic carbocycles. The minimum absolute atomic E-state index is 0.109. The number of hydrogen-bond donors (Lipinski definition) is 1. The van der Waals surface area contributed by atoms with E-state index in [2.05, 4.69) is 5.32 Å². The predicted octanol–water partition coefficient (Wildman–Crippen LogP) is 3.22. The zero-order chi connectivity index (χ0) is 26.2.